The summed E-state index contributed by atoms with van der Waals surface area (Å²) in [6, 6.07) is 10.5. The number of aromatic nitrogens is 4. The zero-order chi connectivity index (χ0) is 18.6. The number of nitrogens with zero attached hydrogens (tertiary/aromatic N) is 4. The van der Waals surface area contributed by atoms with Gasteiger partial charge in [-0.1, -0.05) is 35.5 Å². The minimum atomic E-state index is -0.256. The van der Waals surface area contributed by atoms with E-state index in [1.807, 2.05) is 36.0 Å². The van der Waals surface area contributed by atoms with Crippen LogP contribution in [0.2, 0.25) is 0 Å². The van der Waals surface area contributed by atoms with Crippen molar-refractivity contribution in [1.29, 1.82) is 0 Å². The van der Waals surface area contributed by atoms with Gasteiger partial charge in [0.25, 0.3) is 5.91 Å². The molecule has 8 heteroatoms. The van der Waals surface area contributed by atoms with E-state index in [4.69, 9.17) is 0 Å². The molecule has 0 aliphatic carbocycles. The Morgan fingerprint density at radius 3 is 2.85 bits per heavy atom. The predicted octanol–water partition coefficient (Wildman–Crippen LogP) is 2.81. The Kier molecular flexibility index (Phi) is 5.26. The molecule has 1 aliphatic rings. The lowest BCUT2D eigenvalue weighted by atomic mass is 10.1. The van der Waals surface area contributed by atoms with Gasteiger partial charge in [0, 0.05) is 17.5 Å². The van der Waals surface area contributed by atoms with Gasteiger partial charge in [0.05, 0.1) is 11.7 Å². The van der Waals surface area contributed by atoms with E-state index in [1.165, 1.54) is 16.9 Å². The summed E-state index contributed by atoms with van der Waals surface area (Å²) >= 11 is 1.49. The van der Waals surface area contributed by atoms with Gasteiger partial charge in [-0.2, -0.15) is 0 Å². The summed E-state index contributed by atoms with van der Waals surface area (Å²) in [5.41, 5.74) is 2.40. The van der Waals surface area contributed by atoms with Crippen molar-refractivity contribution in [1.82, 2.24) is 25.3 Å². The fraction of sp³-hybridized carbons (Fsp3) is 0.368. The minimum absolute atomic E-state index is 0.256. The second kappa shape index (κ2) is 7.98. The van der Waals surface area contributed by atoms with Gasteiger partial charge >= 0.3 is 0 Å². The third-order valence-electron chi connectivity index (χ3n) is 4.79. The van der Waals surface area contributed by atoms with Gasteiger partial charge in [0.15, 0.2) is 10.8 Å². The zero-order valence-electron chi connectivity index (χ0n) is 15.2. The number of thiazole rings is 1. The van der Waals surface area contributed by atoms with Crippen LogP contribution in [0.15, 0.2) is 36.5 Å². The van der Waals surface area contributed by atoms with E-state index in [-0.39, 0.29) is 5.91 Å². The highest BCUT2D eigenvalue weighted by Crippen LogP contribution is 2.23. The SMILES string of the molecule is Cc1c(C(=O)Nc2ncc(Cc3ccccc3)s2)nnn1C1CCNCC1. The lowest BCUT2D eigenvalue weighted by Gasteiger charge is -2.23. The molecule has 0 saturated carbocycles. The standard InChI is InChI=1S/C19H22N6OS/c1-13-17(23-24-25(13)15-7-9-20-10-8-15)18(26)22-19-21-12-16(27-19)11-14-5-3-2-4-6-14/h2-6,12,15,20H,7-11H2,1H3,(H,21,22,26). The van der Waals surface area contributed by atoms with Crippen LogP contribution in [0.25, 0.3) is 0 Å². The highest BCUT2D eigenvalue weighted by atomic mass is 32.1. The van der Waals surface area contributed by atoms with Crippen molar-refractivity contribution >= 4 is 22.4 Å². The van der Waals surface area contributed by atoms with Crippen LogP contribution in [-0.4, -0.2) is 39.0 Å². The van der Waals surface area contributed by atoms with Crippen molar-refractivity contribution in [3.63, 3.8) is 0 Å². The molecule has 27 heavy (non-hydrogen) atoms. The van der Waals surface area contributed by atoms with Gasteiger partial charge in [-0.05, 0) is 38.4 Å². The first-order valence-electron chi connectivity index (χ1n) is 9.13. The van der Waals surface area contributed by atoms with E-state index in [1.54, 1.807) is 0 Å². The minimum Gasteiger partial charge on any atom is -0.317 e. The predicted molar refractivity (Wildman–Crippen MR) is 105 cm³/mol. The summed E-state index contributed by atoms with van der Waals surface area (Å²) in [7, 11) is 0. The summed E-state index contributed by atoms with van der Waals surface area (Å²) < 4.78 is 1.89. The maximum atomic E-state index is 12.6. The van der Waals surface area contributed by atoms with E-state index in [2.05, 4.69) is 38.1 Å². The molecule has 0 spiro atoms. The molecule has 1 fully saturated rings. The molecule has 1 amide bonds. The quantitative estimate of drug-likeness (QED) is 0.709. The van der Waals surface area contributed by atoms with Crippen LogP contribution < -0.4 is 10.6 Å². The van der Waals surface area contributed by atoms with Crippen LogP contribution in [0.1, 0.15) is 45.5 Å². The third-order valence-corrected chi connectivity index (χ3v) is 5.71. The maximum Gasteiger partial charge on any atom is 0.279 e. The molecule has 1 saturated heterocycles. The van der Waals surface area contributed by atoms with Gasteiger partial charge in [-0.25, -0.2) is 9.67 Å². The number of hydrogen-bond donors (Lipinski definition) is 2. The number of amides is 1. The first kappa shape index (κ1) is 17.8. The Labute approximate surface area is 161 Å². The molecule has 140 valence electrons. The van der Waals surface area contributed by atoms with Crippen LogP contribution in [0, 0.1) is 6.92 Å². The van der Waals surface area contributed by atoms with Gasteiger partial charge in [0.1, 0.15) is 0 Å². The number of carbonyl (C=O) groups excluding carboxylic acids is 1. The van der Waals surface area contributed by atoms with Crippen LogP contribution in [0.3, 0.4) is 0 Å². The van der Waals surface area contributed by atoms with E-state index in [9.17, 15) is 4.79 Å². The van der Waals surface area contributed by atoms with E-state index >= 15 is 0 Å². The number of rotatable bonds is 5. The fourth-order valence-electron chi connectivity index (χ4n) is 3.35. The van der Waals surface area contributed by atoms with Crippen molar-refractivity contribution in [2.24, 2.45) is 0 Å². The molecule has 0 atom stereocenters. The van der Waals surface area contributed by atoms with Gasteiger partial charge in [-0.3, -0.25) is 10.1 Å². The molecule has 1 aromatic carbocycles. The molecule has 7 nitrogen and oxygen atoms in total. The smallest absolute Gasteiger partial charge is 0.279 e. The Hall–Kier alpha value is -2.58. The van der Waals surface area contributed by atoms with Crippen molar-refractivity contribution < 1.29 is 4.79 Å². The molecule has 4 rings (SSSR count). The second-order valence-electron chi connectivity index (χ2n) is 6.70. The molecule has 0 radical (unpaired) electrons. The lowest BCUT2D eigenvalue weighted by Crippen LogP contribution is -2.30. The summed E-state index contributed by atoms with van der Waals surface area (Å²) in [6.45, 7) is 3.84. The van der Waals surface area contributed by atoms with Crippen molar-refractivity contribution in [3.8, 4) is 0 Å². The van der Waals surface area contributed by atoms with Crippen LogP contribution in [-0.2, 0) is 6.42 Å². The molecule has 3 aromatic rings. The normalized spacial score (nSPS) is 15.0. The second-order valence-corrected chi connectivity index (χ2v) is 7.81. The van der Waals surface area contributed by atoms with E-state index in [0.29, 0.717) is 16.9 Å². The Morgan fingerprint density at radius 1 is 1.30 bits per heavy atom. The Balaban J connectivity index is 1.43. The lowest BCUT2D eigenvalue weighted by molar-refractivity contribution is 0.102. The third kappa shape index (κ3) is 4.06. The summed E-state index contributed by atoms with van der Waals surface area (Å²) in [6.07, 6.45) is 4.62. The topological polar surface area (TPSA) is 84.7 Å². The molecule has 3 heterocycles. The highest BCUT2D eigenvalue weighted by molar-refractivity contribution is 7.15. The van der Waals surface area contributed by atoms with Gasteiger partial charge < -0.3 is 5.32 Å². The summed E-state index contributed by atoms with van der Waals surface area (Å²) in [4.78, 5) is 18.1. The number of hydrogen-bond acceptors (Lipinski definition) is 6. The Bertz CT molecular complexity index is 913. The van der Waals surface area contributed by atoms with Gasteiger partial charge in [0.2, 0.25) is 0 Å². The zero-order valence-corrected chi connectivity index (χ0v) is 16.0. The van der Waals surface area contributed by atoms with E-state index in [0.717, 1.165) is 42.9 Å². The molecule has 2 N–H and O–H groups in total. The Morgan fingerprint density at radius 2 is 2.07 bits per heavy atom. The molecular weight excluding hydrogens is 360 g/mol. The van der Waals surface area contributed by atoms with E-state index < -0.39 is 0 Å². The number of nitrogens with one attached hydrogen (secondary N) is 2. The van der Waals surface area contributed by atoms with Crippen molar-refractivity contribution in [3.05, 3.63) is 58.4 Å². The number of piperidine rings is 1. The van der Waals surface area contributed by atoms with Gasteiger partial charge in [-0.15, -0.1) is 16.4 Å². The summed E-state index contributed by atoms with van der Waals surface area (Å²) in [5.74, 6) is -0.256. The number of anilines is 1. The first-order valence-corrected chi connectivity index (χ1v) is 9.95. The average Bonchev–Trinajstić information content (AvgIpc) is 3.29. The van der Waals surface area contributed by atoms with Crippen molar-refractivity contribution in [2.45, 2.75) is 32.2 Å². The average molecular weight is 382 g/mol. The molecule has 0 bridgehead atoms. The number of benzene rings is 1. The van der Waals surface area contributed by atoms with Crippen LogP contribution in [0.5, 0.6) is 0 Å². The molecule has 2 aromatic heterocycles. The molecule has 1 aliphatic heterocycles. The molecular formula is C19H22N6OS. The molecule has 0 unspecified atom stereocenters. The fourth-order valence-corrected chi connectivity index (χ4v) is 4.19. The van der Waals surface area contributed by atoms with Crippen LogP contribution in [0.4, 0.5) is 5.13 Å². The van der Waals surface area contributed by atoms with Crippen LogP contribution >= 0.6 is 11.3 Å². The largest absolute Gasteiger partial charge is 0.317 e. The highest BCUT2D eigenvalue weighted by Gasteiger charge is 2.23. The van der Waals surface area contributed by atoms with Crippen molar-refractivity contribution in [2.75, 3.05) is 18.4 Å². The maximum absolute atomic E-state index is 12.6. The summed E-state index contributed by atoms with van der Waals surface area (Å²) in [5, 5.41) is 15.1. The number of carbonyl (C=O) groups is 1. The monoisotopic (exact) mass is 382 g/mol. The first-order chi connectivity index (χ1) is 13.2.